The Labute approximate surface area is 446 Å². The Morgan fingerprint density at radius 1 is 0.455 bits per heavy atom. The summed E-state index contributed by atoms with van der Waals surface area (Å²) in [5.41, 5.74) is 16.4. The van der Waals surface area contributed by atoms with Crippen LogP contribution in [0.3, 0.4) is 0 Å². The van der Waals surface area contributed by atoms with Gasteiger partial charge in [0.15, 0.2) is 0 Å². The number of anilines is 6. The summed E-state index contributed by atoms with van der Waals surface area (Å²) in [5, 5.41) is 22.2. The van der Waals surface area contributed by atoms with Crippen molar-refractivity contribution in [3.63, 3.8) is 0 Å². The molecule has 4 bridgehead atoms. The molecule has 5 heteroatoms. The minimum atomic E-state index is 0.0736. The van der Waals surface area contributed by atoms with Gasteiger partial charge in [-0.05, 0) is 178 Å². The van der Waals surface area contributed by atoms with E-state index in [4.69, 9.17) is 4.42 Å². The molecule has 11 aromatic carbocycles. The van der Waals surface area contributed by atoms with Crippen LogP contribution in [0.4, 0.5) is 34.1 Å². The molecule has 0 amide bonds. The van der Waals surface area contributed by atoms with Crippen LogP contribution in [0.5, 0.6) is 0 Å². The lowest BCUT2D eigenvalue weighted by Crippen LogP contribution is -2.55. The van der Waals surface area contributed by atoms with E-state index in [1.54, 1.807) is 11.1 Å². The van der Waals surface area contributed by atoms with E-state index in [0.29, 0.717) is 17.4 Å². The lowest BCUT2D eigenvalue weighted by atomic mass is 9.43. The van der Waals surface area contributed by atoms with Crippen LogP contribution in [-0.4, -0.2) is 4.98 Å². The summed E-state index contributed by atoms with van der Waals surface area (Å²) < 4.78 is 6.59. The first-order valence-electron chi connectivity index (χ1n) is 27.5. The number of para-hydroxylation sites is 2. The molecule has 0 atom stereocenters. The summed E-state index contributed by atoms with van der Waals surface area (Å²) >= 11 is 0. The average Bonchev–Trinajstić information content (AvgIpc) is 4.15. The number of rotatable bonds is 7. The molecule has 13 aromatic rings. The third-order valence-electron chi connectivity index (χ3n) is 18.8. The molecule has 5 aliphatic rings. The second kappa shape index (κ2) is 16.1. The minimum Gasteiger partial charge on any atom is -0.456 e. The molecule has 364 valence electrons. The standard InChI is InChI=1S/C72H50N4O/c73-41-49-38-63-69-47(37-61(48-13-10-30-74-42-48)71(63)76(52-14-2-1-3-15-52)55-23-26-59-58-17-7-9-19-67(58)77-68(59)40-55)21-25-60-66(29-27-56(49)70(60)69)75(53-22-20-45-11-4-5-12-46(45)36-53)54-24-28-65-62(39-54)57-16-6-8-18-64(57)72(65)50-32-43-31-44(34-50)35-51(72)33-43/h1-30,36-40,42-44,50-51H,31-35H2. The largest absolute Gasteiger partial charge is 0.456 e. The van der Waals surface area contributed by atoms with Crippen LogP contribution in [0.15, 0.2) is 223 Å². The number of nitriles is 1. The number of pyridine rings is 1. The smallest absolute Gasteiger partial charge is 0.137 e. The Morgan fingerprint density at radius 3 is 1.99 bits per heavy atom. The maximum Gasteiger partial charge on any atom is 0.137 e. The molecular formula is C72H50N4O. The quantitative estimate of drug-likeness (QED) is 0.149. The predicted octanol–water partition coefficient (Wildman–Crippen LogP) is 19.2. The maximum atomic E-state index is 11.4. The van der Waals surface area contributed by atoms with Crippen LogP contribution in [0, 0.1) is 35.0 Å². The fraction of sp³-hybridized carbons (Fsp3) is 0.139. The molecule has 0 N–H and O–H groups in total. The molecule has 77 heavy (non-hydrogen) atoms. The lowest BCUT2D eigenvalue weighted by molar-refractivity contribution is -0.0399. The van der Waals surface area contributed by atoms with Gasteiger partial charge < -0.3 is 14.2 Å². The Morgan fingerprint density at radius 2 is 1.14 bits per heavy atom. The fourth-order valence-corrected chi connectivity index (χ4v) is 16.1. The van der Waals surface area contributed by atoms with E-state index in [1.165, 1.54) is 54.0 Å². The summed E-state index contributed by atoms with van der Waals surface area (Å²) in [5.74, 6) is 3.13. The molecule has 0 unspecified atom stereocenters. The summed E-state index contributed by atoms with van der Waals surface area (Å²) in [6.45, 7) is 0. The van der Waals surface area contributed by atoms with Gasteiger partial charge in [0.1, 0.15) is 11.2 Å². The van der Waals surface area contributed by atoms with E-state index in [9.17, 15) is 5.26 Å². The topological polar surface area (TPSA) is 56.3 Å². The molecule has 18 rings (SSSR count). The molecule has 0 radical (unpaired) electrons. The van der Waals surface area contributed by atoms with Crippen LogP contribution in [-0.2, 0) is 5.41 Å². The van der Waals surface area contributed by atoms with Crippen molar-refractivity contribution in [1.29, 1.82) is 5.26 Å². The van der Waals surface area contributed by atoms with Crippen molar-refractivity contribution in [3.8, 4) is 28.3 Å². The second-order valence-electron chi connectivity index (χ2n) is 22.6. The van der Waals surface area contributed by atoms with Crippen molar-refractivity contribution >= 4 is 99.2 Å². The van der Waals surface area contributed by atoms with E-state index in [2.05, 4.69) is 209 Å². The molecule has 1 spiro atoms. The van der Waals surface area contributed by atoms with Gasteiger partial charge in [-0.15, -0.1) is 0 Å². The number of fused-ring (bicyclic) bond motifs is 7. The first-order chi connectivity index (χ1) is 38.1. The van der Waals surface area contributed by atoms with E-state index in [-0.39, 0.29) is 5.41 Å². The van der Waals surface area contributed by atoms with Crippen molar-refractivity contribution in [3.05, 3.63) is 235 Å². The van der Waals surface area contributed by atoms with E-state index in [1.807, 2.05) is 30.6 Å². The number of hydrogen-bond acceptors (Lipinski definition) is 5. The molecule has 2 heterocycles. The molecule has 0 aliphatic heterocycles. The third-order valence-corrected chi connectivity index (χ3v) is 18.8. The normalized spacial score (nSPS) is 20.0. The highest BCUT2D eigenvalue weighted by molar-refractivity contribution is 6.31. The van der Waals surface area contributed by atoms with Crippen LogP contribution in [0.25, 0.3) is 87.3 Å². The van der Waals surface area contributed by atoms with E-state index < -0.39 is 0 Å². The zero-order chi connectivity index (χ0) is 50.5. The zero-order valence-corrected chi connectivity index (χ0v) is 42.3. The molecular weight excluding hydrogens is 937 g/mol. The zero-order valence-electron chi connectivity index (χ0n) is 42.3. The highest BCUT2D eigenvalue weighted by Gasteiger charge is 2.61. The average molecular weight is 987 g/mol. The van der Waals surface area contributed by atoms with Gasteiger partial charge in [-0.1, -0.05) is 121 Å². The van der Waals surface area contributed by atoms with E-state index in [0.717, 1.165) is 111 Å². The highest BCUT2D eigenvalue weighted by Crippen LogP contribution is 2.69. The van der Waals surface area contributed by atoms with Gasteiger partial charge >= 0.3 is 0 Å². The second-order valence-corrected chi connectivity index (χ2v) is 22.6. The van der Waals surface area contributed by atoms with Gasteiger partial charge in [0, 0.05) is 90.1 Å². The van der Waals surface area contributed by atoms with Crippen molar-refractivity contribution in [1.82, 2.24) is 4.98 Å². The van der Waals surface area contributed by atoms with Crippen LogP contribution >= 0.6 is 0 Å². The Hall–Kier alpha value is -9.24. The fourth-order valence-electron chi connectivity index (χ4n) is 16.1. The van der Waals surface area contributed by atoms with Crippen LogP contribution in [0.2, 0.25) is 0 Å². The number of benzene rings is 11. The molecule has 4 fully saturated rings. The molecule has 2 aromatic heterocycles. The monoisotopic (exact) mass is 986 g/mol. The molecule has 4 saturated carbocycles. The van der Waals surface area contributed by atoms with Crippen molar-refractivity contribution in [2.24, 2.45) is 23.7 Å². The molecule has 0 saturated heterocycles. The maximum absolute atomic E-state index is 11.4. The SMILES string of the molecule is N#Cc1cc2c(N(c3ccccc3)c3ccc4c(c3)oc3ccccc34)c(-c3cccnc3)cc3ccc4c(N(c5ccc6c(c5)-c5ccccc5C65C6CC7CC(C6)CC5C7)c5ccc6ccccc6c5)ccc1c4c32. The van der Waals surface area contributed by atoms with Gasteiger partial charge in [0.2, 0.25) is 0 Å². The Bertz CT molecular complexity index is 4600. The number of furan rings is 1. The molecule has 5 nitrogen and oxygen atoms in total. The first kappa shape index (κ1) is 43.0. The third kappa shape index (κ3) is 6.07. The van der Waals surface area contributed by atoms with Crippen LogP contribution < -0.4 is 9.80 Å². The van der Waals surface area contributed by atoms with Gasteiger partial charge in [0.25, 0.3) is 0 Å². The van der Waals surface area contributed by atoms with Crippen LogP contribution in [0.1, 0.15) is 48.8 Å². The Balaban J connectivity index is 0.935. The van der Waals surface area contributed by atoms with Gasteiger partial charge in [-0.25, -0.2) is 0 Å². The van der Waals surface area contributed by atoms with Crippen molar-refractivity contribution < 1.29 is 4.42 Å². The van der Waals surface area contributed by atoms with E-state index >= 15 is 0 Å². The van der Waals surface area contributed by atoms with Crippen molar-refractivity contribution in [2.45, 2.75) is 37.5 Å². The lowest BCUT2D eigenvalue weighted by Gasteiger charge is -2.61. The van der Waals surface area contributed by atoms with Gasteiger partial charge in [0.05, 0.1) is 23.0 Å². The first-order valence-corrected chi connectivity index (χ1v) is 27.5. The predicted molar refractivity (Wildman–Crippen MR) is 316 cm³/mol. The summed E-state index contributed by atoms with van der Waals surface area (Å²) in [6.07, 6.45) is 10.6. The van der Waals surface area contributed by atoms with Crippen molar-refractivity contribution in [2.75, 3.05) is 9.80 Å². The highest BCUT2D eigenvalue weighted by atomic mass is 16.3. The summed E-state index contributed by atoms with van der Waals surface area (Å²) in [4.78, 5) is 9.53. The summed E-state index contributed by atoms with van der Waals surface area (Å²) in [7, 11) is 0. The minimum absolute atomic E-state index is 0.0736. The number of nitrogens with zero attached hydrogens (tertiary/aromatic N) is 4. The molecule has 5 aliphatic carbocycles. The number of hydrogen-bond donors (Lipinski definition) is 0. The summed E-state index contributed by atoms with van der Waals surface area (Å²) in [6, 6.07) is 78.3. The number of aromatic nitrogens is 1. The van der Waals surface area contributed by atoms with Gasteiger partial charge in [-0.2, -0.15) is 5.26 Å². The van der Waals surface area contributed by atoms with Gasteiger partial charge in [-0.3, -0.25) is 4.98 Å². The Kier molecular flexibility index (Phi) is 9.02.